The molecule has 12 heteroatoms. The van der Waals surface area contributed by atoms with Crippen molar-refractivity contribution in [3.05, 3.63) is 34.7 Å². The van der Waals surface area contributed by atoms with E-state index in [4.69, 9.17) is 9.72 Å². The number of carbonyl (C=O) groups is 3. The van der Waals surface area contributed by atoms with Crippen LogP contribution in [-0.2, 0) is 22.5 Å². The first-order valence-electron chi connectivity index (χ1n) is 14.5. The number of benzene rings is 1. The second kappa shape index (κ2) is 11.5. The van der Waals surface area contributed by atoms with Gasteiger partial charge in [-0.15, -0.1) is 22.7 Å². The molecule has 1 saturated carbocycles. The van der Waals surface area contributed by atoms with Gasteiger partial charge in [-0.05, 0) is 69.6 Å². The molecule has 42 heavy (non-hydrogen) atoms. The van der Waals surface area contributed by atoms with Crippen LogP contribution in [0.2, 0.25) is 0 Å². The van der Waals surface area contributed by atoms with Crippen molar-refractivity contribution >= 4 is 56.0 Å². The van der Waals surface area contributed by atoms with E-state index in [0.717, 1.165) is 62.2 Å². The standard InChI is InChI=1S/C30H37N5O5S2/c1-30(2,3)40-29(39)35-14-17-12-19(13-18(17)15-35)31-10-8-24(36)33-27-25(26-32-21-6-4-5-7-22(21)41-26)20-9-11-34(28(37)38)16-23(20)42-27/h4-7,17-19,31H,8-16H2,1-3H3,(H,33,36)(H,37,38)/t17-,18+,19?. The molecule has 6 rings (SSSR count). The van der Waals surface area contributed by atoms with Gasteiger partial charge in [-0.3, -0.25) is 4.79 Å². The minimum absolute atomic E-state index is 0.0761. The highest BCUT2D eigenvalue weighted by atomic mass is 32.1. The molecular weight excluding hydrogens is 574 g/mol. The minimum atomic E-state index is -0.930. The van der Waals surface area contributed by atoms with Gasteiger partial charge < -0.3 is 30.3 Å². The van der Waals surface area contributed by atoms with E-state index in [-0.39, 0.29) is 12.0 Å². The number of thiazole rings is 1. The molecule has 0 spiro atoms. The normalized spacial score (nSPS) is 21.8. The third-order valence-electron chi connectivity index (χ3n) is 8.28. The van der Waals surface area contributed by atoms with Crippen molar-refractivity contribution in [2.45, 2.75) is 64.6 Å². The number of likely N-dealkylation sites (tertiary alicyclic amines) is 1. The number of amides is 3. The quantitative estimate of drug-likeness (QED) is 0.330. The Labute approximate surface area is 253 Å². The lowest BCUT2D eigenvalue weighted by Crippen LogP contribution is -2.37. The van der Waals surface area contributed by atoms with Gasteiger partial charge in [0, 0.05) is 49.1 Å². The summed E-state index contributed by atoms with van der Waals surface area (Å²) in [4.78, 5) is 46.3. The lowest BCUT2D eigenvalue weighted by atomic mass is 10.0. The Kier molecular flexibility index (Phi) is 7.88. The predicted molar refractivity (Wildman–Crippen MR) is 164 cm³/mol. The van der Waals surface area contributed by atoms with Crippen LogP contribution in [0.25, 0.3) is 20.8 Å². The lowest BCUT2D eigenvalue weighted by Gasteiger charge is -2.25. The number of para-hydroxylation sites is 1. The van der Waals surface area contributed by atoms with E-state index in [1.165, 1.54) is 16.2 Å². The summed E-state index contributed by atoms with van der Waals surface area (Å²) in [6.07, 6.45) is 1.75. The van der Waals surface area contributed by atoms with Crippen LogP contribution in [0.4, 0.5) is 14.6 Å². The number of fused-ring (bicyclic) bond motifs is 3. The van der Waals surface area contributed by atoms with E-state index in [2.05, 4.69) is 10.6 Å². The number of carboxylic acid groups (broad SMARTS) is 1. The van der Waals surface area contributed by atoms with E-state index in [1.807, 2.05) is 49.9 Å². The van der Waals surface area contributed by atoms with Gasteiger partial charge in [0.1, 0.15) is 15.6 Å². The molecule has 0 bridgehead atoms. The van der Waals surface area contributed by atoms with Crippen LogP contribution >= 0.6 is 22.7 Å². The zero-order valence-corrected chi connectivity index (χ0v) is 25.8. The van der Waals surface area contributed by atoms with Gasteiger partial charge in [0.25, 0.3) is 0 Å². The Morgan fingerprint density at radius 1 is 1.10 bits per heavy atom. The molecule has 1 unspecified atom stereocenters. The summed E-state index contributed by atoms with van der Waals surface area (Å²) in [7, 11) is 0. The van der Waals surface area contributed by atoms with Crippen molar-refractivity contribution in [3.8, 4) is 10.6 Å². The summed E-state index contributed by atoms with van der Waals surface area (Å²) in [5.41, 5.74) is 2.44. The second-order valence-corrected chi connectivity index (χ2v) is 14.6. The fourth-order valence-electron chi connectivity index (χ4n) is 6.38. The SMILES string of the molecule is CC(C)(C)OC(=O)N1C[C@H]2CC(NCCC(=O)Nc3sc4c(c3-c3nc5ccccc5s3)CCN(C(=O)O)C4)C[C@H]2C1. The number of hydrogen-bond donors (Lipinski definition) is 3. The van der Waals surface area contributed by atoms with Gasteiger partial charge in [0.15, 0.2) is 0 Å². The summed E-state index contributed by atoms with van der Waals surface area (Å²) >= 11 is 3.05. The number of carbonyl (C=O) groups excluding carboxylic acids is 2. The number of nitrogens with one attached hydrogen (secondary N) is 2. The zero-order valence-electron chi connectivity index (χ0n) is 24.1. The lowest BCUT2D eigenvalue weighted by molar-refractivity contribution is -0.116. The van der Waals surface area contributed by atoms with E-state index < -0.39 is 11.7 Å². The number of aromatic nitrogens is 1. The average molecular weight is 612 g/mol. The van der Waals surface area contributed by atoms with Crippen LogP contribution in [0.3, 0.4) is 0 Å². The Morgan fingerprint density at radius 2 is 1.83 bits per heavy atom. The van der Waals surface area contributed by atoms with Gasteiger partial charge in [0.05, 0.1) is 16.8 Å². The number of ether oxygens (including phenoxy) is 1. The smallest absolute Gasteiger partial charge is 0.410 e. The number of rotatable bonds is 6. The van der Waals surface area contributed by atoms with Gasteiger partial charge in [-0.2, -0.15) is 0 Å². The molecule has 2 aliphatic heterocycles. The fraction of sp³-hybridized carbons (Fsp3) is 0.533. The molecule has 3 aromatic rings. The zero-order chi connectivity index (χ0) is 29.6. The second-order valence-electron chi connectivity index (χ2n) is 12.5. The molecule has 0 radical (unpaired) electrons. The molecule has 3 atom stereocenters. The van der Waals surface area contributed by atoms with Gasteiger partial charge in [-0.25, -0.2) is 14.6 Å². The number of hydrogen-bond acceptors (Lipinski definition) is 8. The molecule has 1 aliphatic carbocycles. The maximum atomic E-state index is 13.1. The molecule has 1 aromatic carbocycles. The van der Waals surface area contributed by atoms with E-state index >= 15 is 0 Å². The van der Waals surface area contributed by atoms with Crippen LogP contribution in [0.15, 0.2) is 24.3 Å². The Balaban J connectivity index is 1.07. The van der Waals surface area contributed by atoms with Gasteiger partial charge in [-0.1, -0.05) is 12.1 Å². The van der Waals surface area contributed by atoms with Crippen LogP contribution in [-0.4, -0.2) is 75.8 Å². The summed E-state index contributed by atoms with van der Waals surface area (Å²) in [6.45, 7) is 8.44. The highest BCUT2D eigenvalue weighted by molar-refractivity contribution is 7.22. The molecule has 3 N–H and O–H groups in total. The average Bonchev–Trinajstić information content (AvgIpc) is 3.67. The molecule has 10 nitrogen and oxygen atoms in total. The van der Waals surface area contributed by atoms with Crippen molar-refractivity contribution < 1.29 is 24.2 Å². The first-order valence-corrected chi connectivity index (χ1v) is 16.2. The summed E-state index contributed by atoms with van der Waals surface area (Å²) in [6, 6.07) is 8.31. The van der Waals surface area contributed by atoms with Crippen molar-refractivity contribution in [2.24, 2.45) is 11.8 Å². The van der Waals surface area contributed by atoms with Crippen molar-refractivity contribution in [1.82, 2.24) is 20.1 Å². The monoisotopic (exact) mass is 611 g/mol. The van der Waals surface area contributed by atoms with Crippen LogP contribution < -0.4 is 10.6 Å². The maximum Gasteiger partial charge on any atom is 0.410 e. The maximum absolute atomic E-state index is 13.1. The molecule has 224 valence electrons. The van der Waals surface area contributed by atoms with Crippen molar-refractivity contribution in [3.63, 3.8) is 0 Å². The van der Waals surface area contributed by atoms with Crippen LogP contribution in [0.5, 0.6) is 0 Å². The van der Waals surface area contributed by atoms with Crippen molar-refractivity contribution in [2.75, 3.05) is 31.5 Å². The summed E-state index contributed by atoms with van der Waals surface area (Å²) in [5, 5.41) is 17.8. The van der Waals surface area contributed by atoms with Gasteiger partial charge in [0.2, 0.25) is 5.91 Å². The van der Waals surface area contributed by atoms with E-state index in [1.54, 1.807) is 11.3 Å². The van der Waals surface area contributed by atoms with Gasteiger partial charge >= 0.3 is 12.2 Å². The highest BCUT2D eigenvalue weighted by Crippen LogP contribution is 2.46. The summed E-state index contributed by atoms with van der Waals surface area (Å²) < 4.78 is 6.62. The number of thiophene rings is 1. The van der Waals surface area contributed by atoms with Crippen molar-refractivity contribution in [1.29, 1.82) is 0 Å². The fourth-order valence-corrected chi connectivity index (χ4v) is 8.77. The van der Waals surface area contributed by atoms with Crippen LogP contribution in [0, 0.1) is 11.8 Å². The first-order chi connectivity index (χ1) is 20.0. The minimum Gasteiger partial charge on any atom is -0.465 e. The molecular formula is C30H37N5O5S2. The first kappa shape index (κ1) is 28.9. The molecule has 2 aromatic heterocycles. The molecule has 3 aliphatic rings. The largest absolute Gasteiger partial charge is 0.465 e. The Hall–Kier alpha value is -3.22. The predicted octanol–water partition coefficient (Wildman–Crippen LogP) is 5.62. The Bertz CT molecular complexity index is 1460. The molecule has 1 saturated heterocycles. The third kappa shape index (κ3) is 6.11. The highest BCUT2D eigenvalue weighted by Gasteiger charge is 2.43. The van der Waals surface area contributed by atoms with Crippen LogP contribution in [0.1, 0.15) is 50.5 Å². The molecule has 3 amide bonds. The topological polar surface area (TPSA) is 124 Å². The Morgan fingerprint density at radius 3 is 2.52 bits per heavy atom. The van der Waals surface area contributed by atoms with E-state index in [0.29, 0.717) is 50.4 Å². The van der Waals surface area contributed by atoms with E-state index in [9.17, 15) is 19.5 Å². The molecule has 4 heterocycles. The number of anilines is 1. The molecule has 2 fully saturated rings. The third-order valence-corrected chi connectivity index (χ3v) is 10.5. The number of nitrogens with zero attached hydrogens (tertiary/aromatic N) is 3. The summed E-state index contributed by atoms with van der Waals surface area (Å²) in [5.74, 6) is 0.846.